The number of carbonyl (C=O) groups is 3. The molecule has 0 spiro atoms. The zero-order chi connectivity index (χ0) is 24.4. The maximum Gasteiger partial charge on any atom is 0.335 e. The third kappa shape index (κ3) is 4.29. The van der Waals surface area contributed by atoms with E-state index in [4.69, 9.17) is 4.74 Å². The average molecular weight is 463 g/mol. The van der Waals surface area contributed by atoms with E-state index in [1.807, 2.05) is 25.1 Å². The number of ether oxygens (including phenoxy) is 1. The summed E-state index contributed by atoms with van der Waals surface area (Å²) >= 11 is 0. The van der Waals surface area contributed by atoms with Gasteiger partial charge in [-0.05, 0) is 47.5 Å². The minimum absolute atomic E-state index is 0.147. The van der Waals surface area contributed by atoms with Gasteiger partial charge in [0.1, 0.15) is 17.9 Å². The molecule has 0 aliphatic carbocycles. The van der Waals surface area contributed by atoms with Crippen molar-refractivity contribution in [3.8, 4) is 5.75 Å². The number of barbiturate groups is 1. The van der Waals surface area contributed by atoms with E-state index in [0.29, 0.717) is 23.6 Å². The lowest BCUT2D eigenvalue weighted by molar-refractivity contribution is -0.122. The van der Waals surface area contributed by atoms with E-state index in [2.05, 4.69) is 29.6 Å². The molecule has 35 heavy (non-hydrogen) atoms. The Balaban J connectivity index is 1.47. The Morgan fingerprint density at radius 1 is 0.829 bits per heavy atom. The Labute approximate surface area is 202 Å². The molecule has 6 heteroatoms. The van der Waals surface area contributed by atoms with E-state index in [9.17, 15) is 14.4 Å². The predicted molar refractivity (Wildman–Crippen MR) is 135 cm³/mol. The molecule has 4 amide bonds. The topological polar surface area (TPSA) is 75.7 Å². The van der Waals surface area contributed by atoms with Gasteiger partial charge >= 0.3 is 6.03 Å². The summed E-state index contributed by atoms with van der Waals surface area (Å²) in [6.07, 6.45) is 1.46. The number of benzene rings is 4. The summed E-state index contributed by atoms with van der Waals surface area (Å²) < 4.78 is 6.19. The van der Waals surface area contributed by atoms with Crippen LogP contribution < -0.4 is 15.0 Å². The summed E-state index contributed by atoms with van der Waals surface area (Å²) in [5.41, 5.74) is 2.97. The number of anilines is 1. The highest BCUT2D eigenvalue weighted by molar-refractivity contribution is 6.39. The third-order valence-corrected chi connectivity index (χ3v) is 5.98. The summed E-state index contributed by atoms with van der Waals surface area (Å²) in [7, 11) is 0. The first-order valence-electron chi connectivity index (χ1n) is 11.2. The lowest BCUT2D eigenvalue weighted by atomic mass is 10.0. The first-order valence-corrected chi connectivity index (χ1v) is 11.2. The van der Waals surface area contributed by atoms with Gasteiger partial charge in [0.05, 0.1) is 5.69 Å². The molecular formula is C29H22N2O4. The van der Waals surface area contributed by atoms with Crippen LogP contribution in [0.25, 0.3) is 16.8 Å². The number of nitrogens with one attached hydrogen (secondary N) is 1. The SMILES string of the molecule is Cc1ccc2ccccc2c1COc1ccccc1/C=C1\C(=O)NC(=O)N(c2ccccc2)C1=O. The van der Waals surface area contributed by atoms with Gasteiger partial charge in [0.2, 0.25) is 0 Å². The van der Waals surface area contributed by atoms with Gasteiger partial charge in [-0.15, -0.1) is 0 Å². The van der Waals surface area contributed by atoms with Crippen LogP contribution in [0.4, 0.5) is 10.5 Å². The van der Waals surface area contributed by atoms with Crippen LogP contribution in [-0.4, -0.2) is 17.8 Å². The second-order valence-corrected chi connectivity index (χ2v) is 8.20. The Morgan fingerprint density at radius 3 is 2.37 bits per heavy atom. The molecule has 6 nitrogen and oxygen atoms in total. The number of hydrogen-bond acceptors (Lipinski definition) is 4. The molecule has 4 aromatic carbocycles. The van der Waals surface area contributed by atoms with Crippen molar-refractivity contribution in [1.29, 1.82) is 0 Å². The van der Waals surface area contributed by atoms with Crippen LogP contribution in [0.5, 0.6) is 5.75 Å². The number of para-hydroxylation sites is 2. The molecule has 1 heterocycles. The number of imide groups is 2. The fourth-order valence-electron chi connectivity index (χ4n) is 4.14. The third-order valence-electron chi connectivity index (χ3n) is 5.98. The van der Waals surface area contributed by atoms with Crippen LogP contribution >= 0.6 is 0 Å². The largest absolute Gasteiger partial charge is 0.488 e. The van der Waals surface area contributed by atoms with Crippen molar-refractivity contribution in [2.45, 2.75) is 13.5 Å². The average Bonchev–Trinajstić information content (AvgIpc) is 2.87. The second kappa shape index (κ2) is 9.27. The Hall–Kier alpha value is -4.71. The van der Waals surface area contributed by atoms with Crippen LogP contribution in [0.3, 0.4) is 0 Å². The molecule has 4 aromatic rings. The molecule has 0 unspecified atom stereocenters. The lowest BCUT2D eigenvalue weighted by Crippen LogP contribution is -2.54. The Morgan fingerprint density at radius 2 is 1.54 bits per heavy atom. The van der Waals surface area contributed by atoms with Crippen molar-refractivity contribution in [2.75, 3.05) is 4.90 Å². The molecule has 1 aliphatic rings. The van der Waals surface area contributed by atoms with E-state index in [-0.39, 0.29) is 5.57 Å². The summed E-state index contributed by atoms with van der Waals surface area (Å²) in [4.78, 5) is 39.1. The number of amides is 4. The van der Waals surface area contributed by atoms with Crippen LogP contribution in [0.1, 0.15) is 16.7 Å². The number of rotatable bonds is 5. The molecule has 5 rings (SSSR count). The van der Waals surface area contributed by atoms with Crippen molar-refractivity contribution < 1.29 is 19.1 Å². The van der Waals surface area contributed by atoms with Crippen LogP contribution in [0, 0.1) is 6.92 Å². The van der Waals surface area contributed by atoms with Crippen molar-refractivity contribution in [3.63, 3.8) is 0 Å². The van der Waals surface area contributed by atoms with Crippen molar-refractivity contribution in [1.82, 2.24) is 5.32 Å². The zero-order valence-electron chi connectivity index (χ0n) is 19.0. The molecule has 0 atom stereocenters. The molecule has 1 saturated heterocycles. The molecule has 0 bridgehead atoms. The monoisotopic (exact) mass is 462 g/mol. The fraction of sp³-hybridized carbons (Fsp3) is 0.0690. The summed E-state index contributed by atoms with van der Waals surface area (Å²) in [5.74, 6) is -0.910. The zero-order valence-corrected chi connectivity index (χ0v) is 19.0. The number of fused-ring (bicyclic) bond motifs is 1. The number of nitrogens with zero attached hydrogens (tertiary/aromatic N) is 1. The highest BCUT2D eigenvalue weighted by atomic mass is 16.5. The quantitative estimate of drug-likeness (QED) is 0.319. The maximum absolute atomic E-state index is 13.2. The van der Waals surface area contributed by atoms with Crippen LogP contribution in [0.15, 0.2) is 96.6 Å². The molecular weight excluding hydrogens is 440 g/mol. The first-order chi connectivity index (χ1) is 17.0. The minimum atomic E-state index is -0.778. The van der Waals surface area contributed by atoms with Gasteiger partial charge in [0, 0.05) is 11.1 Å². The number of aryl methyl sites for hydroxylation is 1. The summed E-state index contributed by atoms with van der Waals surface area (Å²) in [5, 5.41) is 4.49. The second-order valence-electron chi connectivity index (χ2n) is 8.20. The van der Waals surface area contributed by atoms with E-state index in [0.717, 1.165) is 26.8 Å². The lowest BCUT2D eigenvalue weighted by Gasteiger charge is -2.26. The van der Waals surface area contributed by atoms with E-state index >= 15 is 0 Å². The molecule has 0 saturated carbocycles. The van der Waals surface area contributed by atoms with Gasteiger partial charge in [-0.1, -0.05) is 72.8 Å². The normalized spacial score (nSPS) is 14.9. The molecule has 1 aliphatic heterocycles. The maximum atomic E-state index is 13.2. The standard InChI is InChI=1S/C29H22N2O4/c1-19-15-16-20-9-5-7-13-23(20)25(19)18-35-26-14-8-6-10-21(26)17-24-27(32)30-29(34)31(28(24)33)22-11-3-2-4-12-22/h2-17H,18H2,1H3,(H,30,32,34)/b24-17+. The highest BCUT2D eigenvalue weighted by Crippen LogP contribution is 2.28. The van der Waals surface area contributed by atoms with Crippen LogP contribution in [0.2, 0.25) is 0 Å². The van der Waals surface area contributed by atoms with Gasteiger partial charge in [0.25, 0.3) is 11.8 Å². The molecule has 172 valence electrons. The summed E-state index contributed by atoms with van der Waals surface area (Å²) in [6.45, 7) is 2.36. The van der Waals surface area contributed by atoms with Gasteiger partial charge in [-0.2, -0.15) is 0 Å². The Kier molecular flexibility index (Phi) is 5.85. The minimum Gasteiger partial charge on any atom is -0.488 e. The van der Waals surface area contributed by atoms with Crippen molar-refractivity contribution in [3.05, 3.63) is 113 Å². The first kappa shape index (κ1) is 22.1. The van der Waals surface area contributed by atoms with Crippen molar-refractivity contribution >= 4 is 40.4 Å². The number of hydrogen-bond donors (Lipinski definition) is 1. The predicted octanol–water partition coefficient (Wildman–Crippen LogP) is 5.39. The van der Waals surface area contributed by atoms with E-state index in [1.165, 1.54) is 6.08 Å². The number of urea groups is 1. The molecule has 0 radical (unpaired) electrons. The van der Waals surface area contributed by atoms with E-state index in [1.54, 1.807) is 48.5 Å². The molecule has 0 aromatic heterocycles. The fourth-order valence-corrected chi connectivity index (χ4v) is 4.14. The summed E-state index contributed by atoms with van der Waals surface area (Å²) in [6, 6.07) is 27.2. The Bertz CT molecular complexity index is 1490. The van der Waals surface area contributed by atoms with Gasteiger partial charge in [-0.3, -0.25) is 14.9 Å². The number of carbonyl (C=O) groups excluding carboxylic acids is 3. The van der Waals surface area contributed by atoms with Gasteiger partial charge < -0.3 is 4.74 Å². The molecule has 1 N–H and O–H groups in total. The molecule has 1 fully saturated rings. The smallest absolute Gasteiger partial charge is 0.335 e. The van der Waals surface area contributed by atoms with Crippen LogP contribution in [-0.2, 0) is 16.2 Å². The van der Waals surface area contributed by atoms with Gasteiger partial charge in [-0.25, -0.2) is 9.69 Å². The highest BCUT2D eigenvalue weighted by Gasteiger charge is 2.36. The van der Waals surface area contributed by atoms with Crippen molar-refractivity contribution in [2.24, 2.45) is 0 Å². The van der Waals surface area contributed by atoms with Gasteiger partial charge in [0.15, 0.2) is 0 Å². The van der Waals surface area contributed by atoms with E-state index < -0.39 is 17.8 Å².